The molecule has 2 rings (SSSR count). The molecule has 1 aromatic heterocycles. The van der Waals surface area contributed by atoms with Crippen molar-refractivity contribution in [2.45, 2.75) is 30.0 Å². The molecule has 7 heteroatoms. The van der Waals surface area contributed by atoms with E-state index >= 15 is 0 Å². The summed E-state index contributed by atoms with van der Waals surface area (Å²) in [5, 5.41) is 3.02. The zero-order chi connectivity index (χ0) is 14.4. The number of likely N-dealkylation sites (tertiary alicyclic amines) is 1. The van der Waals surface area contributed by atoms with Crippen molar-refractivity contribution < 1.29 is 8.42 Å². The van der Waals surface area contributed by atoms with Crippen molar-refractivity contribution in [3.8, 4) is 0 Å². The third-order valence-corrected chi connectivity index (χ3v) is 6.43. The van der Waals surface area contributed by atoms with Crippen LogP contribution < -0.4 is 10.0 Å². The van der Waals surface area contributed by atoms with E-state index in [9.17, 15) is 8.42 Å². The van der Waals surface area contributed by atoms with Crippen LogP contribution >= 0.6 is 11.3 Å². The Morgan fingerprint density at radius 1 is 1.30 bits per heavy atom. The first-order chi connectivity index (χ1) is 9.62. The van der Waals surface area contributed by atoms with Crippen molar-refractivity contribution in [1.29, 1.82) is 0 Å². The highest BCUT2D eigenvalue weighted by Crippen LogP contribution is 2.21. The van der Waals surface area contributed by atoms with Gasteiger partial charge in [-0.2, -0.15) is 0 Å². The van der Waals surface area contributed by atoms with Gasteiger partial charge < -0.3 is 10.2 Å². The molecule has 1 saturated heterocycles. The molecule has 1 fully saturated rings. The minimum Gasteiger partial charge on any atom is -0.315 e. The zero-order valence-corrected chi connectivity index (χ0v) is 13.5. The average Bonchev–Trinajstić information content (AvgIpc) is 3.06. The Balaban J connectivity index is 1.77. The number of sulfonamides is 1. The molecule has 2 heterocycles. The number of nitrogens with one attached hydrogen (secondary N) is 2. The van der Waals surface area contributed by atoms with Crippen molar-refractivity contribution in [2.24, 2.45) is 0 Å². The third kappa shape index (κ3) is 4.53. The van der Waals surface area contributed by atoms with E-state index in [1.54, 1.807) is 6.07 Å². The van der Waals surface area contributed by atoms with Crippen LogP contribution in [0.15, 0.2) is 16.3 Å². The number of rotatable bonds is 8. The van der Waals surface area contributed by atoms with Crippen LogP contribution in [0.4, 0.5) is 0 Å². The van der Waals surface area contributed by atoms with Gasteiger partial charge in [0.2, 0.25) is 10.0 Å². The van der Waals surface area contributed by atoms with Crippen LogP contribution in [0.5, 0.6) is 0 Å². The Morgan fingerprint density at radius 2 is 2.05 bits per heavy atom. The molecule has 0 atom stereocenters. The van der Waals surface area contributed by atoms with E-state index in [1.807, 2.05) is 13.1 Å². The Hall–Kier alpha value is -0.470. The minimum absolute atomic E-state index is 0.406. The fourth-order valence-corrected chi connectivity index (χ4v) is 4.84. The highest BCUT2D eigenvalue weighted by atomic mass is 32.2. The average molecular weight is 317 g/mol. The lowest BCUT2D eigenvalue weighted by Crippen LogP contribution is -2.28. The lowest BCUT2D eigenvalue weighted by molar-refractivity contribution is 0.334. The van der Waals surface area contributed by atoms with Crippen LogP contribution in [-0.2, 0) is 16.6 Å². The Bertz CT molecular complexity index is 507. The van der Waals surface area contributed by atoms with Gasteiger partial charge in [0.1, 0.15) is 4.21 Å². The quantitative estimate of drug-likeness (QED) is 0.708. The number of nitrogens with zero attached hydrogens (tertiary/aromatic N) is 1. The van der Waals surface area contributed by atoms with Gasteiger partial charge in [-0.25, -0.2) is 13.1 Å². The van der Waals surface area contributed by atoms with Crippen LogP contribution in [-0.4, -0.2) is 46.5 Å². The van der Waals surface area contributed by atoms with Gasteiger partial charge >= 0.3 is 0 Å². The molecule has 1 aromatic rings. The molecule has 20 heavy (non-hydrogen) atoms. The van der Waals surface area contributed by atoms with Crippen molar-refractivity contribution in [3.63, 3.8) is 0 Å². The van der Waals surface area contributed by atoms with Crippen molar-refractivity contribution >= 4 is 21.4 Å². The summed E-state index contributed by atoms with van der Waals surface area (Å²) in [4.78, 5) is 3.43. The van der Waals surface area contributed by atoms with Gasteiger partial charge in [-0.1, -0.05) is 0 Å². The van der Waals surface area contributed by atoms with E-state index in [-0.39, 0.29) is 0 Å². The molecule has 0 radical (unpaired) electrons. The smallest absolute Gasteiger partial charge is 0.250 e. The Labute approximate surface area is 125 Å². The molecule has 0 unspecified atom stereocenters. The monoisotopic (exact) mass is 317 g/mol. The number of hydrogen-bond donors (Lipinski definition) is 2. The summed E-state index contributed by atoms with van der Waals surface area (Å²) >= 11 is 1.32. The van der Waals surface area contributed by atoms with Gasteiger partial charge in [-0.3, -0.25) is 0 Å². The summed E-state index contributed by atoms with van der Waals surface area (Å²) in [5.41, 5.74) is 0. The van der Waals surface area contributed by atoms with E-state index < -0.39 is 10.0 Å². The first-order valence-corrected chi connectivity index (χ1v) is 9.37. The van der Waals surface area contributed by atoms with Gasteiger partial charge in [-0.05, 0) is 58.1 Å². The van der Waals surface area contributed by atoms with Gasteiger partial charge in [0.05, 0.1) is 0 Å². The van der Waals surface area contributed by atoms with Crippen molar-refractivity contribution in [3.05, 3.63) is 17.0 Å². The van der Waals surface area contributed by atoms with E-state index in [1.165, 1.54) is 24.2 Å². The summed E-state index contributed by atoms with van der Waals surface area (Å²) in [7, 11) is -1.48. The molecule has 0 saturated carbocycles. The second kappa shape index (κ2) is 7.51. The first-order valence-electron chi connectivity index (χ1n) is 7.07. The van der Waals surface area contributed by atoms with Crippen LogP contribution in [0.25, 0.3) is 0 Å². The molecule has 114 valence electrons. The van der Waals surface area contributed by atoms with Crippen LogP contribution in [0.1, 0.15) is 24.1 Å². The summed E-state index contributed by atoms with van der Waals surface area (Å²) in [6.45, 7) is 4.52. The molecule has 1 aliphatic rings. The number of hydrogen-bond acceptors (Lipinski definition) is 5. The maximum absolute atomic E-state index is 12.1. The lowest BCUT2D eigenvalue weighted by Gasteiger charge is -2.14. The molecule has 1 aliphatic heterocycles. The second-order valence-corrected chi connectivity index (χ2v) is 8.21. The SMILES string of the molecule is CNCc1ccc(S(=O)(=O)NCCCN2CCCC2)s1. The lowest BCUT2D eigenvalue weighted by atomic mass is 10.4. The summed E-state index contributed by atoms with van der Waals surface area (Å²) in [5.74, 6) is 0. The summed E-state index contributed by atoms with van der Waals surface area (Å²) in [6.07, 6.45) is 3.41. The predicted octanol–water partition coefficient (Wildman–Crippen LogP) is 1.23. The predicted molar refractivity (Wildman–Crippen MR) is 82.6 cm³/mol. The molecule has 0 aromatic carbocycles. The summed E-state index contributed by atoms with van der Waals surface area (Å²) in [6, 6.07) is 3.54. The van der Waals surface area contributed by atoms with Crippen LogP contribution in [0.3, 0.4) is 0 Å². The van der Waals surface area contributed by atoms with E-state index in [2.05, 4.69) is 14.9 Å². The highest BCUT2D eigenvalue weighted by Gasteiger charge is 2.16. The van der Waals surface area contributed by atoms with E-state index in [0.29, 0.717) is 17.3 Å². The molecule has 0 amide bonds. The second-order valence-electron chi connectivity index (χ2n) is 5.05. The molecular formula is C13H23N3O2S2. The van der Waals surface area contributed by atoms with E-state index in [0.717, 1.165) is 30.9 Å². The highest BCUT2D eigenvalue weighted by molar-refractivity contribution is 7.91. The summed E-state index contributed by atoms with van der Waals surface area (Å²) < 4.78 is 27.3. The topological polar surface area (TPSA) is 61.4 Å². The van der Waals surface area contributed by atoms with Crippen LogP contribution in [0, 0.1) is 0 Å². The maximum atomic E-state index is 12.1. The maximum Gasteiger partial charge on any atom is 0.250 e. The molecule has 5 nitrogen and oxygen atoms in total. The minimum atomic E-state index is -3.33. The number of thiophene rings is 1. The van der Waals surface area contributed by atoms with Gasteiger partial charge in [-0.15, -0.1) is 11.3 Å². The molecular weight excluding hydrogens is 294 g/mol. The van der Waals surface area contributed by atoms with E-state index in [4.69, 9.17) is 0 Å². The fourth-order valence-electron chi connectivity index (χ4n) is 2.36. The Morgan fingerprint density at radius 3 is 2.75 bits per heavy atom. The van der Waals surface area contributed by atoms with Gasteiger partial charge in [0.25, 0.3) is 0 Å². The van der Waals surface area contributed by atoms with Gasteiger partial charge in [0.15, 0.2) is 0 Å². The fraction of sp³-hybridized carbons (Fsp3) is 0.692. The van der Waals surface area contributed by atoms with Crippen molar-refractivity contribution in [1.82, 2.24) is 14.9 Å². The normalized spacial score (nSPS) is 16.9. The molecule has 0 bridgehead atoms. The first kappa shape index (κ1) is 15.9. The third-order valence-electron chi connectivity index (χ3n) is 3.39. The van der Waals surface area contributed by atoms with Crippen LogP contribution in [0.2, 0.25) is 0 Å². The molecule has 0 aliphatic carbocycles. The van der Waals surface area contributed by atoms with Crippen molar-refractivity contribution in [2.75, 3.05) is 33.2 Å². The molecule has 2 N–H and O–H groups in total. The molecule has 0 spiro atoms. The largest absolute Gasteiger partial charge is 0.315 e. The zero-order valence-electron chi connectivity index (χ0n) is 11.9. The standard InChI is InChI=1S/C13H23N3O2S2/c1-14-11-12-5-6-13(19-12)20(17,18)15-7-4-10-16-8-2-3-9-16/h5-6,14-15H,2-4,7-11H2,1H3. The Kier molecular flexibility index (Phi) is 5.98. The van der Waals surface area contributed by atoms with Gasteiger partial charge in [0, 0.05) is 18.0 Å².